The third kappa shape index (κ3) is 4.37. The summed E-state index contributed by atoms with van der Waals surface area (Å²) in [5, 5.41) is 1.75. The first-order valence-corrected chi connectivity index (χ1v) is 4.28. The zero-order valence-corrected chi connectivity index (χ0v) is 8.37. The number of hydrogen-bond donors (Lipinski definition) is 3. The summed E-state index contributed by atoms with van der Waals surface area (Å²) in [5.41, 5.74) is 13.5. The molecule has 0 aliphatic carbocycles. The predicted molar refractivity (Wildman–Crippen MR) is 52.1 cm³/mol. The van der Waals surface area contributed by atoms with E-state index in [-0.39, 0.29) is 11.7 Å². The second-order valence-corrected chi connectivity index (χ2v) is 2.96. The van der Waals surface area contributed by atoms with Crippen LogP contribution in [0.3, 0.4) is 0 Å². The zero-order chi connectivity index (χ0) is 10.4. The summed E-state index contributed by atoms with van der Waals surface area (Å²) in [7, 11) is 0. The van der Waals surface area contributed by atoms with Gasteiger partial charge < -0.3 is 16.5 Å². The SMILES string of the molecule is CCNN(/C=C(\N)C(N)=O)C(C)C. The van der Waals surface area contributed by atoms with Crippen LogP contribution in [-0.4, -0.2) is 23.5 Å². The van der Waals surface area contributed by atoms with Crippen LogP contribution in [0.1, 0.15) is 20.8 Å². The molecule has 0 spiro atoms. The van der Waals surface area contributed by atoms with Gasteiger partial charge in [-0.3, -0.25) is 4.79 Å². The fourth-order valence-corrected chi connectivity index (χ4v) is 0.773. The first-order chi connectivity index (χ1) is 5.99. The van der Waals surface area contributed by atoms with E-state index in [4.69, 9.17) is 11.5 Å². The molecule has 0 radical (unpaired) electrons. The lowest BCUT2D eigenvalue weighted by atomic mass is 10.3. The van der Waals surface area contributed by atoms with E-state index in [0.29, 0.717) is 0 Å². The molecule has 0 fully saturated rings. The summed E-state index contributed by atoms with van der Waals surface area (Å²) in [4.78, 5) is 10.6. The minimum atomic E-state index is -0.608. The second kappa shape index (κ2) is 5.42. The molecule has 0 saturated carbocycles. The Morgan fingerprint density at radius 1 is 1.54 bits per heavy atom. The fourth-order valence-electron chi connectivity index (χ4n) is 0.773. The molecule has 0 aromatic carbocycles. The summed E-state index contributed by atoms with van der Waals surface area (Å²) >= 11 is 0. The molecule has 5 heteroatoms. The van der Waals surface area contributed by atoms with Crippen molar-refractivity contribution in [2.75, 3.05) is 6.54 Å². The summed E-state index contributed by atoms with van der Waals surface area (Å²) < 4.78 is 0. The highest BCUT2D eigenvalue weighted by molar-refractivity contribution is 5.90. The standard InChI is InChI=1S/C8H18N4O/c1-4-11-12(6(2)3)5-7(9)8(10)13/h5-6,11H,4,9H2,1-3H3,(H2,10,13)/b7-5-. The molecular formula is C8H18N4O. The molecule has 0 rings (SSSR count). The molecule has 0 unspecified atom stereocenters. The maximum Gasteiger partial charge on any atom is 0.266 e. The summed E-state index contributed by atoms with van der Waals surface area (Å²) in [6.07, 6.45) is 1.51. The van der Waals surface area contributed by atoms with E-state index in [1.54, 1.807) is 5.01 Å². The average Bonchev–Trinajstić information content (AvgIpc) is 2.03. The van der Waals surface area contributed by atoms with Crippen LogP contribution in [0.15, 0.2) is 11.9 Å². The Bertz CT molecular complexity index is 200. The Hall–Kier alpha value is -1.23. The molecule has 0 saturated heterocycles. The molecule has 0 atom stereocenters. The quantitative estimate of drug-likeness (QED) is 0.399. The van der Waals surface area contributed by atoms with E-state index in [1.807, 2.05) is 20.8 Å². The predicted octanol–water partition coefficient (Wildman–Crippen LogP) is -0.493. The van der Waals surface area contributed by atoms with Gasteiger partial charge in [-0.2, -0.15) is 0 Å². The minimum absolute atomic E-state index is 0.0506. The van der Waals surface area contributed by atoms with Crippen LogP contribution in [0, 0.1) is 0 Å². The van der Waals surface area contributed by atoms with Crippen molar-refractivity contribution < 1.29 is 4.79 Å². The Kier molecular flexibility index (Phi) is 4.91. The number of primary amides is 1. The number of carbonyl (C=O) groups is 1. The molecule has 0 aliphatic rings. The lowest BCUT2D eigenvalue weighted by molar-refractivity contribution is -0.114. The maximum absolute atomic E-state index is 10.6. The second-order valence-electron chi connectivity index (χ2n) is 2.96. The highest BCUT2D eigenvalue weighted by Gasteiger charge is 2.06. The van der Waals surface area contributed by atoms with Gasteiger partial charge in [0.25, 0.3) is 5.91 Å². The topological polar surface area (TPSA) is 84.4 Å². The Labute approximate surface area is 78.7 Å². The summed E-state index contributed by atoms with van der Waals surface area (Å²) in [6.45, 7) is 6.69. The third-order valence-electron chi connectivity index (χ3n) is 1.46. The number of nitrogens with zero attached hydrogens (tertiary/aromatic N) is 1. The summed E-state index contributed by atoms with van der Waals surface area (Å²) in [5.74, 6) is -0.608. The van der Waals surface area contributed by atoms with Gasteiger partial charge in [0.15, 0.2) is 0 Å². The number of hydrazine groups is 1. The van der Waals surface area contributed by atoms with Crippen LogP contribution in [0.5, 0.6) is 0 Å². The molecule has 0 aliphatic heterocycles. The van der Waals surface area contributed by atoms with Gasteiger partial charge in [-0.25, -0.2) is 5.43 Å². The van der Waals surface area contributed by atoms with Crippen LogP contribution in [0.4, 0.5) is 0 Å². The van der Waals surface area contributed by atoms with Crippen molar-refractivity contribution in [1.29, 1.82) is 0 Å². The Balaban J connectivity index is 4.39. The van der Waals surface area contributed by atoms with Gasteiger partial charge in [0, 0.05) is 18.8 Å². The van der Waals surface area contributed by atoms with E-state index >= 15 is 0 Å². The van der Waals surface area contributed by atoms with E-state index in [2.05, 4.69) is 5.43 Å². The van der Waals surface area contributed by atoms with Gasteiger partial charge in [-0.15, -0.1) is 0 Å². The van der Waals surface area contributed by atoms with Crippen LogP contribution in [0.25, 0.3) is 0 Å². The number of carbonyl (C=O) groups excluding carboxylic acids is 1. The minimum Gasteiger partial charge on any atom is -0.393 e. The molecule has 13 heavy (non-hydrogen) atoms. The number of rotatable bonds is 5. The fraction of sp³-hybridized carbons (Fsp3) is 0.625. The third-order valence-corrected chi connectivity index (χ3v) is 1.46. The lowest BCUT2D eigenvalue weighted by Gasteiger charge is -2.25. The van der Waals surface area contributed by atoms with Gasteiger partial charge in [0.05, 0.1) is 0 Å². The zero-order valence-electron chi connectivity index (χ0n) is 8.37. The lowest BCUT2D eigenvalue weighted by Crippen LogP contribution is -2.40. The monoisotopic (exact) mass is 186 g/mol. The Morgan fingerprint density at radius 3 is 2.38 bits per heavy atom. The normalized spacial score (nSPS) is 11.8. The van der Waals surface area contributed by atoms with Crippen LogP contribution >= 0.6 is 0 Å². The van der Waals surface area contributed by atoms with Crippen LogP contribution in [-0.2, 0) is 4.79 Å². The molecule has 0 aromatic heterocycles. The van der Waals surface area contributed by atoms with Gasteiger partial charge in [-0.1, -0.05) is 6.92 Å². The largest absolute Gasteiger partial charge is 0.393 e. The average molecular weight is 186 g/mol. The molecule has 5 nitrogen and oxygen atoms in total. The molecule has 5 N–H and O–H groups in total. The van der Waals surface area contributed by atoms with Crippen molar-refractivity contribution in [1.82, 2.24) is 10.4 Å². The van der Waals surface area contributed by atoms with Crippen molar-refractivity contribution in [2.45, 2.75) is 26.8 Å². The molecule has 0 heterocycles. The van der Waals surface area contributed by atoms with Crippen LogP contribution < -0.4 is 16.9 Å². The van der Waals surface area contributed by atoms with Crippen molar-refractivity contribution in [3.63, 3.8) is 0 Å². The van der Waals surface area contributed by atoms with E-state index in [0.717, 1.165) is 6.54 Å². The highest BCUT2D eigenvalue weighted by atomic mass is 16.1. The van der Waals surface area contributed by atoms with E-state index < -0.39 is 5.91 Å². The van der Waals surface area contributed by atoms with Gasteiger partial charge in [0.2, 0.25) is 0 Å². The van der Waals surface area contributed by atoms with E-state index in [9.17, 15) is 4.79 Å². The number of nitrogens with one attached hydrogen (secondary N) is 1. The maximum atomic E-state index is 10.6. The number of hydrogen-bond acceptors (Lipinski definition) is 4. The van der Waals surface area contributed by atoms with Crippen molar-refractivity contribution in [3.8, 4) is 0 Å². The molecule has 0 aromatic rings. The van der Waals surface area contributed by atoms with E-state index in [1.165, 1.54) is 6.20 Å². The Morgan fingerprint density at radius 2 is 2.08 bits per heavy atom. The van der Waals surface area contributed by atoms with Gasteiger partial charge >= 0.3 is 0 Å². The van der Waals surface area contributed by atoms with Gasteiger partial charge in [-0.05, 0) is 13.8 Å². The highest BCUT2D eigenvalue weighted by Crippen LogP contribution is 1.96. The number of nitrogens with two attached hydrogens (primary N) is 2. The summed E-state index contributed by atoms with van der Waals surface area (Å²) in [6, 6.07) is 0.220. The van der Waals surface area contributed by atoms with Gasteiger partial charge in [0.1, 0.15) is 5.70 Å². The van der Waals surface area contributed by atoms with Crippen molar-refractivity contribution >= 4 is 5.91 Å². The molecule has 76 valence electrons. The van der Waals surface area contributed by atoms with Crippen molar-refractivity contribution in [3.05, 3.63) is 11.9 Å². The first-order valence-electron chi connectivity index (χ1n) is 4.28. The molecular weight excluding hydrogens is 168 g/mol. The van der Waals surface area contributed by atoms with Crippen LogP contribution in [0.2, 0.25) is 0 Å². The first kappa shape index (κ1) is 11.8. The molecule has 1 amide bonds. The smallest absolute Gasteiger partial charge is 0.266 e. The number of amides is 1. The molecule has 0 bridgehead atoms. The van der Waals surface area contributed by atoms with Crippen molar-refractivity contribution in [2.24, 2.45) is 11.5 Å².